The summed E-state index contributed by atoms with van der Waals surface area (Å²) < 4.78 is 0. The topological polar surface area (TPSA) is 57.7 Å². The van der Waals surface area contributed by atoms with Crippen molar-refractivity contribution in [3.8, 4) is 0 Å². The molecular formula is C21H42IN7O. The smallest absolute Gasteiger partial charge is 0.239 e. The highest BCUT2D eigenvalue weighted by atomic mass is 127. The first-order valence-electron chi connectivity index (χ1n) is 11.4. The Hall–Kier alpha value is -0.650. The number of guanidine groups is 1. The summed E-state index contributed by atoms with van der Waals surface area (Å²) in [5, 5.41) is 3.59. The third-order valence-corrected chi connectivity index (χ3v) is 6.87. The molecule has 0 aromatic carbocycles. The van der Waals surface area contributed by atoms with Crippen molar-refractivity contribution in [2.75, 3.05) is 86.1 Å². The molecule has 2 unspecified atom stereocenters. The van der Waals surface area contributed by atoms with E-state index < -0.39 is 0 Å². The second-order valence-electron chi connectivity index (χ2n) is 8.85. The molecule has 0 bridgehead atoms. The van der Waals surface area contributed by atoms with E-state index in [-0.39, 0.29) is 30.0 Å². The third kappa shape index (κ3) is 6.67. The van der Waals surface area contributed by atoms with Crippen LogP contribution in [0.3, 0.4) is 0 Å². The molecular weight excluding hydrogens is 493 g/mol. The average molecular weight is 536 g/mol. The van der Waals surface area contributed by atoms with Crippen molar-refractivity contribution in [3.63, 3.8) is 0 Å². The second-order valence-corrected chi connectivity index (χ2v) is 8.85. The zero-order valence-corrected chi connectivity index (χ0v) is 21.7. The summed E-state index contributed by atoms with van der Waals surface area (Å²) in [6.45, 7) is 15.4. The van der Waals surface area contributed by atoms with E-state index in [2.05, 4.69) is 50.8 Å². The molecule has 3 fully saturated rings. The Morgan fingerprint density at radius 1 is 0.867 bits per heavy atom. The zero-order chi connectivity index (χ0) is 20.8. The zero-order valence-electron chi connectivity index (χ0n) is 19.3. The van der Waals surface area contributed by atoms with Crippen LogP contribution in [0.1, 0.15) is 26.7 Å². The van der Waals surface area contributed by atoms with Gasteiger partial charge in [-0.3, -0.25) is 19.6 Å². The number of nitrogens with one attached hydrogen (secondary N) is 1. The van der Waals surface area contributed by atoms with E-state index in [1.54, 1.807) is 0 Å². The summed E-state index contributed by atoms with van der Waals surface area (Å²) in [4.78, 5) is 28.9. The van der Waals surface area contributed by atoms with Gasteiger partial charge < -0.3 is 20.0 Å². The molecule has 174 valence electrons. The maximum Gasteiger partial charge on any atom is 0.239 e. The van der Waals surface area contributed by atoms with E-state index in [0.717, 1.165) is 90.8 Å². The Morgan fingerprint density at radius 3 is 2.00 bits per heavy atom. The predicted octanol–water partition coefficient (Wildman–Crippen LogP) is 0.444. The quantitative estimate of drug-likeness (QED) is 0.314. The molecule has 0 aromatic heterocycles. The van der Waals surface area contributed by atoms with E-state index in [4.69, 9.17) is 0 Å². The van der Waals surface area contributed by atoms with Gasteiger partial charge >= 0.3 is 0 Å². The highest BCUT2D eigenvalue weighted by molar-refractivity contribution is 14.0. The van der Waals surface area contributed by atoms with Gasteiger partial charge in [0.05, 0.1) is 6.04 Å². The fraction of sp³-hybridized carbons (Fsp3) is 0.905. The Balaban J connectivity index is 0.00000320. The van der Waals surface area contributed by atoms with Crippen LogP contribution in [-0.2, 0) is 4.79 Å². The normalized spacial score (nSPS) is 24.5. The lowest BCUT2D eigenvalue weighted by molar-refractivity contribution is -0.135. The van der Waals surface area contributed by atoms with Gasteiger partial charge in [0.2, 0.25) is 5.91 Å². The van der Waals surface area contributed by atoms with Gasteiger partial charge in [0.1, 0.15) is 0 Å². The Bertz CT molecular complexity index is 554. The second kappa shape index (κ2) is 12.4. The lowest BCUT2D eigenvalue weighted by Crippen LogP contribution is -2.58. The fourth-order valence-corrected chi connectivity index (χ4v) is 4.64. The molecule has 3 aliphatic heterocycles. The van der Waals surface area contributed by atoms with Gasteiger partial charge in [0, 0.05) is 85.1 Å². The molecule has 0 aromatic rings. The van der Waals surface area contributed by atoms with Crippen molar-refractivity contribution in [1.82, 2.24) is 29.8 Å². The van der Waals surface area contributed by atoms with Crippen LogP contribution in [0.25, 0.3) is 0 Å². The number of halogens is 1. The minimum absolute atomic E-state index is 0. The lowest BCUT2D eigenvalue weighted by atomic mass is 10.2. The first-order chi connectivity index (χ1) is 14.0. The molecule has 3 heterocycles. The summed E-state index contributed by atoms with van der Waals surface area (Å²) in [5.41, 5.74) is 0. The van der Waals surface area contributed by atoms with Gasteiger partial charge in [-0.2, -0.15) is 0 Å². The number of rotatable bonds is 5. The standard InChI is InChI=1S/C21H41N7O.HI/c1-18(25-11-9-24(4)10-12-25)17-23-21(22-3)28-15-13-26(14-16-28)19(2)20(29)27-7-5-6-8-27;/h18-19H,5-17H2,1-4H3,(H,22,23);1H. The number of hydrogen-bond donors (Lipinski definition) is 1. The van der Waals surface area contributed by atoms with Crippen LogP contribution < -0.4 is 5.32 Å². The molecule has 0 aliphatic carbocycles. The van der Waals surface area contributed by atoms with Crippen molar-refractivity contribution in [3.05, 3.63) is 0 Å². The Labute approximate surface area is 200 Å². The van der Waals surface area contributed by atoms with Crippen LogP contribution in [0.4, 0.5) is 0 Å². The molecule has 0 saturated carbocycles. The number of amides is 1. The third-order valence-electron chi connectivity index (χ3n) is 6.87. The van der Waals surface area contributed by atoms with Crippen molar-refractivity contribution >= 4 is 35.8 Å². The van der Waals surface area contributed by atoms with Crippen molar-refractivity contribution in [2.45, 2.75) is 38.8 Å². The van der Waals surface area contributed by atoms with E-state index in [0.29, 0.717) is 11.9 Å². The van der Waals surface area contributed by atoms with Crippen LogP contribution >= 0.6 is 24.0 Å². The number of nitrogens with zero attached hydrogens (tertiary/aromatic N) is 6. The van der Waals surface area contributed by atoms with E-state index in [9.17, 15) is 4.79 Å². The molecule has 1 amide bonds. The average Bonchev–Trinajstić information content (AvgIpc) is 3.29. The van der Waals surface area contributed by atoms with Gasteiger partial charge in [-0.1, -0.05) is 0 Å². The van der Waals surface area contributed by atoms with Gasteiger partial charge in [0.15, 0.2) is 5.96 Å². The molecule has 1 N–H and O–H groups in total. The van der Waals surface area contributed by atoms with Crippen LogP contribution in [0.5, 0.6) is 0 Å². The molecule has 3 rings (SSSR count). The van der Waals surface area contributed by atoms with Gasteiger partial charge in [-0.05, 0) is 33.7 Å². The van der Waals surface area contributed by atoms with Gasteiger partial charge in [-0.25, -0.2) is 0 Å². The minimum Gasteiger partial charge on any atom is -0.355 e. The van der Waals surface area contributed by atoms with E-state index in [1.165, 1.54) is 0 Å². The maximum atomic E-state index is 12.7. The first kappa shape index (κ1) is 25.6. The summed E-state index contributed by atoms with van der Waals surface area (Å²) in [7, 11) is 4.07. The molecule has 0 spiro atoms. The number of piperazine rings is 2. The van der Waals surface area contributed by atoms with Crippen molar-refractivity contribution < 1.29 is 4.79 Å². The Morgan fingerprint density at radius 2 is 1.43 bits per heavy atom. The minimum atomic E-state index is -0.0116. The van der Waals surface area contributed by atoms with Crippen LogP contribution in [-0.4, -0.2) is 135 Å². The molecule has 8 nitrogen and oxygen atoms in total. The summed E-state index contributed by atoms with van der Waals surface area (Å²) in [6, 6.07) is 0.488. The highest BCUT2D eigenvalue weighted by Crippen LogP contribution is 2.14. The molecule has 2 atom stereocenters. The number of carbonyl (C=O) groups excluding carboxylic acids is 1. The molecule has 30 heavy (non-hydrogen) atoms. The van der Waals surface area contributed by atoms with Crippen molar-refractivity contribution in [2.24, 2.45) is 4.99 Å². The number of likely N-dealkylation sites (tertiary alicyclic amines) is 1. The van der Waals surface area contributed by atoms with Crippen LogP contribution in [0, 0.1) is 0 Å². The van der Waals surface area contributed by atoms with Crippen LogP contribution in [0.15, 0.2) is 4.99 Å². The molecule has 3 aliphatic rings. The largest absolute Gasteiger partial charge is 0.355 e. The molecule has 3 saturated heterocycles. The number of likely N-dealkylation sites (N-methyl/N-ethyl adjacent to an activating group) is 1. The SMILES string of the molecule is CN=C(NCC(C)N1CCN(C)CC1)N1CCN(C(C)C(=O)N2CCCC2)CC1.I. The summed E-state index contributed by atoms with van der Waals surface area (Å²) in [5.74, 6) is 1.30. The van der Waals surface area contributed by atoms with Gasteiger partial charge in [0.25, 0.3) is 0 Å². The molecule has 0 radical (unpaired) electrons. The summed E-state index contributed by atoms with van der Waals surface area (Å²) >= 11 is 0. The lowest BCUT2D eigenvalue weighted by Gasteiger charge is -2.40. The number of hydrogen-bond acceptors (Lipinski definition) is 5. The fourth-order valence-electron chi connectivity index (χ4n) is 4.64. The highest BCUT2D eigenvalue weighted by Gasteiger charge is 2.30. The van der Waals surface area contributed by atoms with Crippen LogP contribution in [0.2, 0.25) is 0 Å². The van der Waals surface area contributed by atoms with E-state index in [1.807, 2.05) is 11.9 Å². The Kier molecular flexibility index (Phi) is 10.6. The summed E-state index contributed by atoms with van der Waals surface area (Å²) in [6.07, 6.45) is 2.31. The van der Waals surface area contributed by atoms with Crippen molar-refractivity contribution in [1.29, 1.82) is 0 Å². The van der Waals surface area contributed by atoms with Gasteiger partial charge in [-0.15, -0.1) is 24.0 Å². The monoisotopic (exact) mass is 535 g/mol. The first-order valence-corrected chi connectivity index (χ1v) is 11.4. The maximum absolute atomic E-state index is 12.7. The predicted molar refractivity (Wildman–Crippen MR) is 134 cm³/mol. The molecule has 9 heteroatoms. The van der Waals surface area contributed by atoms with E-state index >= 15 is 0 Å². The number of carbonyl (C=O) groups is 1. The number of aliphatic imine (C=N–C) groups is 1.